The summed E-state index contributed by atoms with van der Waals surface area (Å²) in [7, 11) is 1.79. The van der Waals surface area contributed by atoms with Gasteiger partial charge < -0.3 is 10.2 Å². The quantitative estimate of drug-likeness (QED) is 0.514. The molecule has 0 aliphatic carbocycles. The molecule has 6 heteroatoms. The van der Waals surface area contributed by atoms with Crippen molar-refractivity contribution in [3.63, 3.8) is 0 Å². The summed E-state index contributed by atoms with van der Waals surface area (Å²) in [4.78, 5) is 29.0. The number of carbonyl (C=O) groups is 2. The molecule has 1 saturated heterocycles. The van der Waals surface area contributed by atoms with E-state index in [1.54, 1.807) is 24.1 Å². The van der Waals surface area contributed by atoms with E-state index in [1.807, 2.05) is 61.5 Å². The average molecular weight is 465 g/mol. The van der Waals surface area contributed by atoms with Crippen LogP contribution in [0.4, 0.5) is 5.69 Å². The number of anilines is 1. The molecule has 3 unspecified atom stereocenters. The van der Waals surface area contributed by atoms with Gasteiger partial charge in [-0.1, -0.05) is 65.7 Å². The fourth-order valence-corrected chi connectivity index (χ4v) is 5.89. The monoisotopic (exact) mass is 464 g/mol. The van der Waals surface area contributed by atoms with Crippen molar-refractivity contribution in [2.24, 2.45) is 0 Å². The highest BCUT2D eigenvalue weighted by Crippen LogP contribution is 2.60. The zero-order valence-corrected chi connectivity index (χ0v) is 19.2. The molecule has 4 nitrogen and oxygen atoms in total. The van der Waals surface area contributed by atoms with E-state index in [0.29, 0.717) is 15.7 Å². The Labute approximate surface area is 197 Å². The minimum absolute atomic E-state index is 0.0101. The summed E-state index contributed by atoms with van der Waals surface area (Å²) in [6.07, 6.45) is 0.203. The minimum atomic E-state index is -1.03. The first-order chi connectivity index (χ1) is 15.3. The van der Waals surface area contributed by atoms with Gasteiger partial charge in [0, 0.05) is 35.1 Å². The van der Waals surface area contributed by atoms with Gasteiger partial charge >= 0.3 is 0 Å². The molecule has 2 heterocycles. The van der Waals surface area contributed by atoms with Crippen molar-refractivity contribution < 1.29 is 9.59 Å². The Morgan fingerprint density at radius 3 is 2.47 bits per heavy atom. The number of nitrogens with zero attached hydrogens (tertiary/aromatic N) is 1. The van der Waals surface area contributed by atoms with Crippen molar-refractivity contribution in [3.8, 4) is 0 Å². The van der Waals surface area contributed by atoms with Gasteiger partial charge in [-0.05, 0) is 53.4 Å². The second-order valence-electron chi connectivity index (χ2n) is 8.59. The lowest BCUT2D eigenvalue weighted by Gasteiger charge is -2.50. The van der Waals surface area contributed by atoms with Crippen LogP contribution < -0.4 is 5.32 Å². The van der Waals surface area contributed by atoms with Crippen molar-refractivity contribution >= 4 is 40.7 Å². The molecule has 0 bridgehead atoms. The van der Waals surface area contributed by atoms with Crippen LogP contribution in [0.1, 0.15) is 40.6 Å². The fourth-order valence-electron chi connectivity index (χ4n) is 5.52. The van der Waals surface area contributed by atoms with E-state index >= 15 is 0 Å². The van der Waals surface area contributed by atoms with Crippen molar-refractivity contribution in [1.82, 2.24) is 4.90 Å². The topological polar surface area (TPSA) is 49.4 Å². The summed E-state index contributed by atoms with van der Waals surface area (Å²) >= 11 is 12.6. The third-order valence-electron chi connectivity index (χ3n) is 6.93. The van der Waals surface area contributed by atoms with E-state index in [-0.39, 0.29) is 18.2 Å². The molecular formula is C26H22Cl2N2O2. The summed E-state index contributed by atoms with van der Waals surface area (Å²) < 4.78 is 0. The molecule has 3 aromatic rings. The Balaban J connectivity index is 1.86. The molecule has 1 N–H and O–H groups in total. The van der Waals surface area contributed by atoms with Gasteiger partial charge in [0.2, 0.25) is 11.8 Å². The Hall–Kier alpha value is -2.82. The summed E-state index contributed by atoms with van der Waals surface area (Å²) in [6.45, 7) is 2.01. The number of aryl methyl sites for hydroxylation is 1. The zero-order valence-electron chi connectivity index (χ0n) is 17.7. The molecule has 2 amide bonds. The summed E-state index contributed by atoms with van der Waals surface area (Å²) in [6, 6.07) is 20.4. The number of amides is 2. The lowest BCUT2D eigenvalue weighted by molar-refractivity contribution is -0.143. The number of hydrogen-bond donors (Lipinski definition) is 1. The van der Waals surface area contributed by atoms with Gasteiger partial charge in [0.15, 0.2) is 0 Å². The number of hydrogen-bond acceptors (Lipinski definition) is 2. The maximum absolute atomic E-state index is 14.0. The SMILES string of the molecule is Cc1ccccc1C1N(C)C(=O)CC(c2cccc(Cl)c2)C12C(=O)Nc1cc(Cl)ccc12. The van der Waals surface area contributed by atoms with Gasteiger partial charge in [0.25, 0.3) is 0 Å². The van der Waals surface area contributed by atoms with Crippen LogP contribution in [0.5, 0.6) is 0 Å². The van der Waals surface area contributed by atoms with Gasteiger partial charge in [0.1, 0.15) is 5.41 Å². The molecule has 32 heavy (non-hydrogen) atoms. The van der Waals surface area contributed by atoms with Gasteiger partial charge in [0.05, 0.1) is 6.04 Å². The van der Waals surface area contributed by atoms with Crippen molar-refractivity contribution in [2.45, 2.75) is 30.7 Å². The van der Waals surface area contributed by atoms with Crippen LogP contribution in [0, 0.1) is 6.92 Å². The first-order valence-corrected chi connectivity index (χ1v) is 11.3. The maximum Gasteiger partial charge on any atom is 0.238 e. The highest BCUT2D eigenvalue weighted by molar-refractivity contribution is 6.31. The van der Waals surface area contributed by atoms with E-state index in [9.17, 15) is 9.59 Å². The second kappa shape index (κ2) is 7.65. The average Bonchev–Trinajstić information content (AvgIpc) is 3.03. The smallest absolute Gasteiger partial charge is 0.238 e. The number of rotatable bonds is 2. The van der Waals surface area contributed by atoms with Crippen LogP contribution in [-0.2, 0) is 15.0 Å². The highest BCUT2D eigenvalue weighted by atomic mass is 35.5. The normalized spacial score (nSPS) is 24.6. The van der Waals surface area contributed by atoms with E-state index in [4.69, 9.17) is 23.2 Å². The highest BCUT2D eigenvalue weighted by Gasteiger charge is 2.62. The van der Waals surface area contributed by atoms with Crippen molar-refractivity contribution in [2.75, 3.05) is 12.4 Å². The number of halogens is 2. The molecule has 3 aromatic carbocycles. The van der Waals surface area contributed by atoms with Crippen LogP contribution in [0.3, 0.4) is 0 Å². The van der Waals surface area contributed by atoms with Crippen LogP contribution in [-0.4, -0.2) is 23.8 Å². The largest absolute Gasteiger partial charge is 0.337 e. The van der Waals surface area contributed by atoms with Crippen LogP contribution >= 0.6 is 23.2 Å². The number of likely N-dealkylation sites (tertiary alicyclic amines) is 1. The van der Waals surface area contributed by atoms with Gasteiger partial charge in [-0.3, -0.25) is 9.59 Å². The number of fused-ring (bicyclic) bond motifs is 2. The number of benzene rings is 3. The van der Waals surface area contributed by atoms with E-state index in [1.165, 1.54) is 0 Å². The van der Waals surface area contributed by atoms with E-state index in [0.717, 1.165) is 22.3 Å². The standard InChI is InChI=1S/C26H22Cl2N2O2/c1-15-6-3-4-9-19(15)24-26(20-11-10-18(28)13-22(20)29-25(26)32)21(14-23(31)30(24)2)16-7-5-8-17(27)12-16/h3-13,21,24H,14H2,1-2H3,(H,29,32). The lowest BCUT2D eigenvalue weighted by Crippen LogP contribution is -2.57. The first kappa shape index (κ1) is 21.0. The van der Waals surface area contributed by atoms with E-state index < -0.39 is 17.4 Å². The Morgan fingerprint density at radius 2 is 1.72 bits per heavy atom. The van der Waals surface area contributed by atoms with Gasteiger partial charge in [-0.25, -0.2) is 0 Å². The molecule has 2 aliphatic rings. The van der Waals surface area contributed by atoms with Crippen LogP contribution in [0.25, 0.3) is 0 Å². The third kappa shape index (κ3) is 2.97. The third-order valence-corrected chi connectivity index (χ3v) is 7.40. The summed E-state index contributed by atoms with van der Waals surface area (Å²) in [5, 5.41) is 4.20. The molecule has 3 atom stereocenters. The molecule has 162 valence electrons. The molecule has 2 aliphatic heterocycles. The number of nitrogens with one attached hydrogen (secondary N) is 1. The number of likely N-dealkylation sites (N-methyl/N-ethyl adjacent to an activating group) is 1. The molecule has 1 fully saturated rings. The number of carbonyl (C=O) groups excluding carboxylic acids is 2. The molecule has 0 saturated carbocycles. The van der Waals surface area contributed by atoms with Crippen LogP contribution in [0.2, 0.25) is 10.0 Å². The maximum atomic E-state index is 14.0. The van der Waals surface area contributed by atoms with E-state index in [2.05, 4.69) is 5.32 Å². The number of piperidine rings is 1. The van der Waals surface area contributed by atoms with Gasteiger partial charge in [-0.15, -0.1) is 0 Å². The Morgan fingerprint density at radius 1 is 0.969 bits per heavy atom. The first-order valence-electron chi connectivity index (χ1n) is 10.5. The Bertz CT molecular complexity index is 1260. The molecule has 1 spiro atoms. The van der Waals surface area contributed by atoms with Crippen LogP contribution in [0.15, 0.2) is 66.7 Å². The van der Waals surface area contributed by atoms with Crippen molar-refractivity contribution in [1.29, 1.82) is 0 Å². The predicted molar refractivity (Wildman–Crippen MR) is 127 cm³/mol. The fraction of sp³-hybridized carbons (Fsp3) is 0.231. The summed E-state index contributed by atoms with van der Waals surface area (Å²) in [5.41, 5.74) is 3.36. The molecule has 5 rings (SSSR count). The summed E-state index contributed by atoms with van der Waals surface area (Å²) in [5.74, 6) is -0.534. The zero-order chi connectivity index (χ0) is 22.6. The Kier molecular flexibility index (Phi) is 5.03. The van der Waals surface area contributed by atoms with Crippen molar-refractivity contribution in [3.05, 3.63) is 99.0 Å². The predicted octanol–water partition coefficient (Wildman–Crippen LogP) is 5.88. The molecule has 0 aromatic heterocycles. The molecular weight excluding hydrogens is 443 g/mol. The minimum Gasteiger partial charge on any atom is -0.337 e. The second-order valence-corrected chi connectivity index (χ2v) is 9.46. The molecule has 0 radical (unpaired) electrons. The van der Waals surface area contributed by atoms with Gasteiger partial charge in [-0.2, -0.15) is 0 Å². The lowest BCUT2D eigenvalue weighted by atomic mass is 9.58.